The molecule has 0 amide bonds. The maximum Gasteiger partial charge on any atom is 0.213 e. The summed E-state index contributed by atoms with van der Waals surface area (Å²) in [6, 6.07) is 15.3. The number of hydrogen-bond donors (Lipinski definition) is 2. The van der Waals surface area contributed by atoms with Crippen molar-refractivity contribution < 1.29 is 9.84 Å². The number of benzene rings is 1. The maximum atomic E-state index is 10.5. The molecule has 1 aromatic heterocycles. The van der Waals surface area contributed by atoms with Gasteiger partial charge in [-0.2, -0.15) is 0 Å². The van der Waals surface area contributed by atoms with Gasteiger partial charge in [0.05, 0.1) is 18.4 Å². The zero-order valence-electron chi connectivity index (χ0n) is 11.8. The van der Waals surface area contributed by atoms with Gasteiger partial charge in [0, 0.05) is 19.2 Å². The number of methoxy groups -OCH3 is 1. The van der Waals surface area contributed by atoms with E-state index in [1.807, 2.05) is 48.5 Å². The monoisotopic (exact) mass is 272 g/mol. The lowest BCUT2D eigenvalue weighted by molar-refractivity contribution is 0.0566. The Balaban J connectivity index is 1.92. The van der Waals surface area contributed by atoms with Crippen molar-refractivity contribution in [3.63, 3.8) is 0 Å². The van der Waals surface area contributed by atoms with E-state index in [4.69, 9.17) is 4.74 Å². The molecule has 0 aliphatic rings. The van der Waals surface area contributed by atoms with Crippen LogP contribution in [0.1, 0.15) is 18.2 Å². The number of hydrogen-bond acceptors (Lipinski definition) is 4. The number of aromatic nitrogens is 1. The highest BCUT2D eigenvalue weighted by Gasteiger charge is 2.21. The second-order valence-corrected chi connectivity index (χ2v) is 4.91. The maximum absolute atomic E-state index is 10.5. The highest BCUT2D eigenvalue weighted by molar-refractivity contribution is 5.22. The molecular weight excluding hydrogens is 252 g/mol. The number of ether oxygens (including phenoxy) is 1. The van der Waals surface area contributed by atoms with Gasteiger partial charge in [-0.15, -0.1) is 0 Å². The molecule has 0 aliphatic heterocycles. The summed E-state index contributed by atoms with van der Waals surface area (Å²) in [4.78, 5) is 4.32. The van der Waals surface area contributed by atoms with Gasteiger partial charge in [0.15, 0.2) is 0 Å². The van der Waals surface area contributed by atoms with Crippen molar-refractivity contribution in [1.82, 2.24) is 10.3 Å². The van der Waals surface area contributed by atoms with Crippen LogP contribution in [0.3, 0.4) is 0 Å². The SMILES string of the molecule is COc1cccc(CNCC(C)(O)c2ccccc2)n1. The molecule has 0 fully saturated rings. The molecule has 1 aromatic carbocycles. The van der Waals surface area contributed by atoms with Crippen molar-refractivity contribution in [2.75, 3.05) is 13.7 Å². The molecule has 4 nitrogen and oxygen atoms in total. The third-order valence-electron chi connectivity index (χ3n) is 3.16. The van der Waals surface area contributed by atoms with Gasteiger partial charge in [-0.3, -0.25) is 0 Å². The molecule has 106 valence electrons. The Labute approximate surface area is 119 Å². The molecule has 20 heavy (non-hydrogen) atoms. The average molecular weight is 272 g/mol. The van der Waals surface area contributed by atoms with Crippen molar-refractivity contribution in [3.8, 4) is 5.88 Å². The van der Waals surface area contributed by atoms with E-state index < -0.39 is 5.60 Å². The molecular formula is C16H20N2O2. The first-order valence-electron chi connectivity index (χ1n) is 6.60. The first-order valence-corrected chi connectivity index (χ1v) is 6.60. The Morgan fingerprint density at radius 1 is 1.15 bits per heavy atom. The van der Waals surface area contributed by atoms with Crippen molar-refractivity contribution in [2.45, 2.75) is 19.1 Å². The summed E-state index contributed by atoms with van der Waals surface area (Å²) < 4.78 is 5.08. The van der Waals surface area contributed by atoms with E-state index in [2.05, 4.69) is 10.3 Å². The first-order chi connectivity index (χ1) is 9.62. The molecule has 2 aromatic rings. The van der Waals surface area contributed by atoms with Crippen LogP contribution in [0.2, 0.25) is 0 Å². The molecule has 2 N–H and O–H groups in total. The van der Waals surface area contributed by atoms with Crippen LogP contribution in [-0.4, -0.2) is 23.7 Å². The van der Waals surface area contributed by atoms with Gasteiger partial charge >= 0.3 is 0 Å². The molecule has 0 radical (unpaired) electrons. The first kappa shape index (κ1) is 14.5. The Kier molecular flexibility index (Phi) is 4.71. The van der Waals surface area contributed by atoms with Crippen molar-refractivity contribution in [2.24, 2.45) is 0 Å². The summed E-state index contributed by atoms with van der Waals surface area (Å²) in [5, 5.41) is 13.7. The minimum atomic E-state index is -0.903. The summed E-state index contributed by atoms with van der Waals surface area (Å²) in [5.41, 5.74) is 0.874. The van der Waals surface area contributed by atoms with Gasteiger partial charge in [0.2, 0.25) is 5.88 Å². The molecule has 0 saturated carbocycles. The fraction of sp³-hybridized carbons (Fsp3) is 0.312. The van der Waals surface area contributed by atoms with Gasteiger partial charge in [0.1, 0.15) is 0 Å². The molecule has 2 rings (SSSR count). The molecule has 1 unspecified atom stereocenters. The van der Waals surface area contributed by atoms with Crippen LogP contribution in [0, 0.1) is 0 Å². The van der Waals surface area contributed by atoms with E-state index in [1.165, 1.54) is 0 Å². The highest BCUT2D eigenvalue weighted by Crippen LogP contribution is 2.19. The third-order valence-corrected chi connectivity index (χ3v) is 3.16. The second-order valence-electron chi connectivity index (χ2n) is 4.91. The van der Waals surface area contributed by atoms with E-state index in [0.29, 0.717) is 19.0 Å². The third kappa shape index (κ3) is 3.79. The predicted octanol–water partition coefficient (Wildman–Crippen LogP) is 2.09. The summed E-state index contributed by atoms with van der Waals surface area (Å²) in [7, 11) is 1.60. The minimum Gasteiger partial charge on any atom is -0.481 e. The Morgan fingerprint density at radius 2 is 1.90 bits per heavy atom. The number of nitrogens with zero attached hydrogens (tertiary/aromatic N) is 1. The average Bonchev–Trinajstić information content (AvgIpc) is 2.48. The van der Waals surface area contributed by atoms with Gasteiger partial charge < -0.3 is 15.2 Å². The van der Waals surface area contributed by atoms with Crippen LogP contribution in [0.25, 0.3) is 0 Å². The van der Waals surface area contributed by atoms with E-state index >= 15 is 0 Å². The zero-order chi connectivity index (χ0) is 14.4. The molecule has 0 aliphatic carbocycles. The van der Waals surface area contributed by atoms with Gasteiger partial charge in [0.25, 0.3) is 0 Å². The minimum absolute atomic E-state index is 0.454. The van der Waals surface area contributed by atoms with Crippen LogP contribution < -0.4 is 10.1 Å². The van der Waals surface area contributed by atoms with Gasteiger partial charge in [-0.1, -0.05) is 36.4 Å². The smallest absolute Gasteiger partial charge is 0.213 e. The van der Waals surface area contributed by atoms with E-state index in [0.717, 1.165) is 11.3 Å². The van der Waals surface area contributed by atoms with E-state index in [1.54, 1.807) is 14.0 Å². The molecule has 1 atom stereocenters. The van der Waals surface area contributed by atoms with Crippen LogP contribution in [0.4, 0.5) is 0 Å². The van der Waals surface area contributed by atoms with Crippen LogP contribution in [-0.2, 0) is 12.1 Å². The highest BCUT2D eigenvalue weighted by atomic mass is 16.5. The summed E-state index contributed by atoms with van der Waals surface area (Å²) >= 11 is 0. The van der Waals surface area contributed by atoms with Crippen LogP contribution >= 0.6 is 0 Å². The molecule has 0 bridgehead atoms. The summed E-state index contributed by atoms with van der Waals surface area (Å²) in [5.74, 6) is 0.596. The Morgan fingerprint density at radius 3 is 2.60 bits per heavy atom. The number of pyridine rings is 1. The predicted molar refractivity (Wildman–Crippen MR) is 78.5 cm³/mol. The summed E-state index contributed by atoms with van der Waals surface area (Å²) in [6.07, 6.45) is 0. The fourth-order valence-corrected chi connectivity index (χ4v) is 2.00. The number of rotatable bonds is 6. The number of nitrogens with one attached hydrogen (secondary N) is 1. The zero-order valence-corrected chi connectivity index (χ0v) is 11.8. The van der Waals surface area contributed by atoms with Crippen molar-refractivity contribution in [3.05, 3.63) is 59.8 Å². The van der Waals surface area contributed by atoms with Gasteiger partial charge in [-0.25, -0.2) is 4.98 Å². The molecule has 0 saturated heterocycles. The Hall–Kier alpha value is -1.91. The van der Waals surface area contributed by atoms with Crippen LogP contribution in [0.5, 0.6) is 5.88 Å². The molecule has 1 heterocycles. The lowest BCUT2D eigenvalue weighted by Crippen LogP contribution is -2.35. The topological polar surface area (TPSA) is 54.4 Å². The Bertz CT molecular complexity index is 541. The van der Waals surface area contributed by atoms with E-state index in [-0.39, 0.29) is 0 Å². The van der Waals surface area contributed by atoms with Crippen molar-refractivity contribution >= 4 is 0 Å². The largest absolute Gasteiger partial charge is 0.481 e. The fourth-order valence-electron chi connectivity index (χ4n) is 2.00. The molecule has 4 heteroatoms. The lowest BCUT2D eigenvalue weighted by atomic mass is 9.96. The standard InChI is InChI=1S/C16H20N2O2/c1-16(19,13-7-4-3-5-8-13)12-17-11-14-9-6-10-15(18-14)20-2/h3-10,17,19H,11-12H2,1-2H3. The molecule has 0 spiro atoms. The summed E-state index contributed by atoms with van der Waals surface area (Å²) in [6.45, 7) is 2.84. The van der Waals surface area contributed by atoms with Crippen LogP contribution in [0.15, 0.2) is 48.5 Å². The van der Waals surface area contributed by atoms with Crippen molar-refractivity contribution in [1.29, 1.82) is 0 Å². The quantitative estimate of drug-likeness (QED) is 0.845. The number of aliphatic hydroxyl groups is 1. The second kappa shape index (κ2) is 6.50. The van der Waals surface area contributed by atoms with Gasteiger partial charge in [-0.05, 0) is 18.6 Å². The van der Waals surface area contributed by atoms with E-state index in [9.17, 15) is 5.11 Å². The lowest BCUT2D eigenvalue weighted by Gasteiger charge is -2.24. The normalized spacial score (nSPS) is 13.8.